The van der Waals surface area contributed by atoms with E-state index in [0.717, 1.165) is 24.1 Å². The van der Waals surface area contributed by atoms with E-state index in [1.54, 1.807) is 0 Å². The van der Waals surface area contributed by atoms with Gasteiger partial charge in [0.2, 0.25) is 0 Å². The SMILES string of the molecule is CCOC(=O)c1cc(C)cnc1C1CC1. The van der Waals surface area contributed by atoms with Gasteiger partial charge in [-0.05, 0) is 38.3 Å². The second kappa shape index (κ2) is 4.01. The third kappa shape index (κ3) is 2.17. The predicted octanol–water partition coefficient (Wildman–Crippen LogP) is 2.44. The summed E-state index contributed by atoms with van der Waals surface area (Å²) in [6, 6.07) is 1.87. The number of aromatic nitrogens is 1. The lowest BCUT2D eigenvalue weighted by Gasteiger charge is -2.07. The van der Waals surface area contributed by atoms with E-state index in [9.17, 15) is 4.79 Å². The van der Waals surface area contributed by atoms with Crippen molar-refractivity contribution in [2.24, 2.45) is 0 Å². The van der Waals surface area contributed by atoms with Gasteiger partial charge in [0.1, 0.15) is 0 Å². The van der Waals surface area contributed by atoms with Gasteiger partial charge in [0, 0.05) is 12.1 Å². The number of rotatable bonds is 3. The summed E-state index contributed by atoms with van der Waals surface area (Å²) in [6.07, 6.45) is 4.10. The number of carbonyl (C=O) groups excluding carboxylic acids is 1. The van der Waals surface area contributed by atoms with Crippen molar-refractivity contribution in [2.75, 3.05) is 6.61 Å². The minimum Gasteiger partial charge on any atom is -0.462 e. The zero-order valence-corrected chi connectivity index (χ0v) is 9.12. The summed E-state index contributed by atoms with van der Waals surface area (Å²) in [5.74, 6) is 0.237. The summed E-state index contributed by atoms with van der Waals surface area (Å²) in [6.45, 7) is 4.17. The van der Waals surface area contributed by atoms with Gasteiger partial charge < -0.3 is 4.74 Å². The maximum Gasteiger partial charge on any atom is 0.339 e. The molecule has 0 saturated heterocycles. The lowest BCUT2D eigenvalue weighted by atomic mass is 10.1. The fourth-order valence-electron chi connectivity index (χ4n) is 1.63. The summed E-state index contributed by atoms with van der Waals surface area (Å²) in [7, 11) is 0. The molecular formula is C12H15NO2. The maximum absolute atomic E-state index is 11.7. The van der Waals surface area contributed by atoms with Crippen LogP contribution in [0.25, 0.3) is 0 Å². The zero-order valence-electron chi connectivity index (χ0n) is 9.12. The number of hydrogen-bond donors (Lipinski definition) is 0. The van der Waals surface area contributed by atoms with E-state index in [-0.39, 0.29) is 5.97 Å². The Hall–Kier alpha value is -1.38. The van der Waals surface area contributed by atoms with E-state index in [0.29, 0.717) is 18.1 Å². The number of aryl methyl sites for hydroxylation is 1. The molecule has 1 saturated carbocycles. The number of pyridine rings is 1. The molecule has 1 aromatic rings. The van der Waals surface area contributed by atoms with Crippen LogP contribution in [0, 0.1) is 6.92 Å². The highest BCUT2D eigenvalue weighted by Crippen LogP contribution is 2.40. The Kier molecular flexibility index (Phi) is 2.71. The molecule has 0 aromatic carbocycles. The van der Waals surface area contributed by atoms with Gasteiger partial charge in [-0.25, -0.2) is 4.79 Å². The highest BCUT2D eigenvalue weighted by Gasteiger charge is 2.29. The third-order valence-corrected chi connectivity index (χ3v) is 2.51. The largest absolute Gasteiger partial charge is 0.462 e. The van der Waals surface area contributed by atoms with Gasteiger partial charge in [-0.15, -0.1) is 0 Å². The van der Waals surface area contributed by atoms with Crippen molar-refractivity contribution < 1.29 is 9.53 Å². The van der Waals surface area contributed by atoms with Crippen molar-refractivity contribution in [3.8, 4) is 0 Å². The van der Waals surface area contributed by atoms with Gasteiger partial charge >= 0.3 is 5.97 Å². The fraction of sp³-hybridized carbons (Fsp3) is 0.500. The van der Waals surface area contributed by atoms with E-state index in [1.165, 1.54) is 0 Å². The Morgan fingerprint density at radius 2 is 2.33 bits per heavy atom. The molecule has 0 unspecified atom stereocenters. The standard InChI is InChI=1S/C12H15NO2/c1-3-15-12(14)10-6-8(2)7-13-11(10)9-4-5-9/h6-7,9H,3-5H2,1-2H3. The maximum atomic E-state index is 11.7. The van der Waals surface area contributed by atoms with Crippen molar-refractivity contribution in [2.45, 2.75) is 32.6 Å². The molecule has 0 N–H and O–H groups in total. The molecule has 0 radical (unpaired) electrons. The summed E-state index contributed by atoms with van der Waals surface area (Å²) in [5.41, 5.74) is 2.57. The van der Waals surface area contributed by atoms with Crippen molar-refractivity contribution in [3.05, 3.63) is 29.1 Å². The van der Waals surface area contributed by atoms with Crippen molar-refractivity contribution >= 4 is 5.97 Å². The van der Waals surface area contributed by atoms with Crippen molar-refractivity contribution in [1.29, 1.82) is 0 Å². The van der Waals surface area contributed by atoms with Gasteiger partial charge in [-0.3, -0.25) is 4.98 Å². The van der Waals surface area contributed by atoms with Crippen LogP contribution in [-0.4, -0.2) is 17.6 Å². The molecular weight excluding hydrogens is 190 g/mol. The van der Waals surface area contributed by atoms with E-state index in [2.05, 4.69) is 4.98 Å². The van der Waals surface area contributed by atoms with Gasteiger partial charge in [-0.2, -0.15) is 0 Å². The topological polar surface area (TPSA) is 39.2 Å². The number of carbonyl (C=O) groups is 1. The molecule has 0 bridgehead atoms. The Morgan fingerprint density at radius 1 is 1.60 bits per heavy atom. The number of hydrogen-bond acceptors (Lipinski definition) is 3. The van der Waals surface area contributed by atoms with Gasteiger partial charge in [0.05, 0.1) is 17.9 Å². The summed E-state index contributed by atoms with van der Waals surface area (Å²) >= 11 is 0. The predicted molar refractivity (Wildman–Crippen MR) is 56.9 cm³/mol. The molecule has 0 spiro atoms. The molecule has 0 atom stereocenters. The average Bonchev–Trinajstić information content (AvgIpc) is 3.01. The average molecular weight is 205 g/mol. The van der Waals surface area contributed by atoms with Gasteiger partial charge in [0.15, 0.2) is 0 Å². The van der Waals surface area contributed by atoms with Crippen LogP contribution in [0.2, 0.25) is 0 Å². The Balaban J connectivity index is 2.33. The van der Waals surface area contributed by atoms with Crippen LogP contribution in [-0.2, 0) is 4.74 Å². The molecule has 80 valence electrons. The van der Waals surface area contributed by atoms with E-state index >= 15 is 0 Å². The highest BCUT2D eigenvalue weighted by atomic mass is 16.5. The van der Waals surface area contributed by atoms with Crippen LogP contribution < -0.4 is 0 Å². The van der Waals surface area contributed by atoms with Crippen LogP contribution in [0.4, 0.5) is 0 Å². The Morgan fingerprint density at radius 3 is 2.93 bits per heavy atom. The first-order valence-corrected chi connectivity index (χ1v) is 5.36. The highest BCUT2D eigenvalue weighted by molar-refractivity contribution is 5.91. The van der Waals surface area contributed by atoms with E-state index < -0.39 is 0 Å². The minimum atomic E-state index is -0.240. The molecule has 1 aromatic heterocycles. The lowest BCUT2D eigenvalue weighted by Crippen LogP contribution is -2.09. The molecule has 15 heavy (non-hydrogen) atoms. The number of esters is 1. The van der Waals surface area contributed by atoms with Gasteiger partial charge in [0.25, 0.3) is 0 Å². The quantitative estimate of drug-likeness (QED) is 0.711. The van der Waals surface area contributed by atoms with Crippen LogP contribution in [0.3, 0.4) is 0 Å². The van der Waals surface area contributed by atoms with Crippen molar-refractivity contribution in [3.63, 3.8) is 0 Å². The zero-order chi connectivity index (χ0) is 10.8. The molecule has 0 aliphatic heterocycles. The van der Waals surface area contributed by atoms with Crippen LogP contribution in [0.5, 0.6) is 0 Å². The summed E-state index contributed by atoms with van der Waals surface area (Å²) in [4.78, 5) is 16.0. The van der Waals surface area contributed by atoms with Crippen LogP contribution in [0.15, 0.2) is 12.3 Å². The molecule has 1 heterocycles. The first kappa shape index (κ1) is 10.1. The monoisotopic (exact) mass is 205 g/mol. The third-order valence-electron chi connectivity index (χ3n) is 2.51. The second-order valence-electron chi connectivity index (χ2n) is 3.94. The molecule has 2 rings (SSSR count). The Bertz CT molecular complexity index is 383. The molecule has 3 heteroatoms. The molecule has 0 amide bonds. The number of ether oxygens (including phenoxy) is 1. The van der Waals surface area contributed by atoms with E-state index in [1.807, 2.05) is 26.1 Å². The van der Waals surface area contributed by atoms with Crippen LogP contribution >= 0.6 is 0 Å². The smallest absolute Gasteiger partial charge is 0.339 e. The molecule has 1 fully saturated rings. The molecule has 1 aliphatic rings. The fourth-order valence-corrected chi connectivity index (χ4v) is 1.63. The minimum absolute atomic E-state index is 0.240. The second-order valence-corrected chi connectivity index (χ2v) is 3.94. The van der Waals surface area contributed by atoms with Crippen LogP contribution in [0.1, 0.15) is 47.3 Å². The normalized spacial score (nSPS) is 15.1. The summed E-state index contributed by atoms with van der Waals surface area (Å²) in [5, 5.41) is 0. The van der Waals surface area contributed by atoms with E-state index in [4.69, 9.17) is 4.74 Å². The Labute approximate surface area is 89.5 Å². The molecule has 1 aliphatic carbocycles. The first-order valence-electron chi connectivity index (χ1n) is 5.36. The summed E-state index contributed by atoms with van der Waals surface area (Å²) < 4.78 is 5.02. The van der Waals surface area contributed by atoms with Crippen molar-refractivity contribution in [1.82, 2.24) is 4.98 Å². The lowest BCUT2D eigenvalue weighted by molar-refractivity contribution is 0.0524. The molecule has 3 nitrogen and oxygen atoms in total. The number of nitrogens with zero attached hydrogens (tertiary/aromatic N) is 1. The van der Waals surface area contributed by atoms with Gasteiger partial charge in [-0.1, -0.05) is 0 Å². The first-order chi connectivity index (χ1) is 7.22.